The van der Waals surface area contributed by atoms with Crippen LogP contribution in [0.15, 0.2) is 27.5 Å². The Hall–Kier alpha value is -1.42. The number of nitrogens with zero attached hydrogens (tertiary/aromatic N) is 1. The number of hydrogen-bond acceptors (Lipinski definition) is 4. The largest absolute Gasteiger partial charge is 0.445 e. The maximum absolute atomic E-state index is 5.87. The van der Waals surface area contributed by atoms with Crippen LogP contribution in [-0.2, 0) is 5.75 Å². The molecule has 3 nitrogen and oxygen atoms in total. The molecule has 0 aliphatic rings. The minimum atomic E-state index is 0.735. The summed E-state index contributed by atoms with van der Waals surface area (Å²) in [5.41, 5.74) is 8.78. The number of aryl methyl sites for hydroxylation is 2. The van der Waals surface area contributed by atoms with E-state index in [9.17, 15) is 0 Å². The molecular formula is C13H16N2OS. The first kappa shape index (κ1) is 12.0. The molecular weight excluding hydrogens is 232 g/mol. The van der Waals surface area contributed by atoms with Crippen molar-refractivity contribution in [1.29, 1.82) is 0 Å². The van der Waals surface area contributed by atoms with Crippen LogP contribution in [0.2, 0.25) is 0 Å². The summed E-state index contributed by atoms with van der Waals surface area (Å²) in [6.07, 6.45) is 0. The first-order chi connectivity index (χ1) is 8.08. The lowest BCUT2D eigenvalue weighted by atomic mass is 10.2. The van der Waals surface area contributed by atoms with Gasteiger partial charge < -0.3 is 10.2 Å². The summed E-state index contributed by atoms with van der Waals surface area (Å²) in [5.74, 6) is 2.40. The lowest BCUT2D eigenvalue weighted by molar-refractivity contribution is 0.489. The summed E-state index contributed by atoms with van der Waals surface area (Å²) in [6, 6.07) is 5.95. The second-order valence-electron chi connectivity index (χ2n) is 4.01. The van der Waals surface area contributed by atoms with E-state index in [4.69, 9.17) is 10.2 Å². The summed E-state index contributed by atoms with van der Waals surface area (Å²) < 4.78 is 5.54. The highest BCUT2D eigenvalue weighted by molar-refractivity contribution is 7.98. The van der Waals surface area contributed by atoms with Gasteiger partial charge in [0.1, 0.15) is 5.76 Å². The lowest BCUT2D eigenvalue weighted by Gasteiger charge is -2.06. The van der Waals surface area contributed by atoms with Crippen molar-refractivity contribution in [2.24, 2.45) is 0 Å². The number of benzene rings is 1. The van der Waals surface area contributed by atoms with Gasteiger partial charge in [0.25, 0.3) is 0 Å². The number of rotatable bonds is 3. The Balaban J connectivity index is 2.10. The average Bonchev–Trinajstić information content (AvgIpc) is 2.61. The molecule has 0 atom stereocenters. The van der Waals surface area contributed by atoms with Crippen LogP contribution in [-0.4, -0.2) is 4.98 Å². The maximum atomic E-state index is 5.87. The maximum Gasteiger partial charge on any atom is 0.204 e. The van der Waals surface area contributed by atoms with Crippen LogP contribution >= 0.6 is 11.8 Å². The number of nitrogen functional groups attached to an aromatic ring is 1. The molecule has 1 heterocycles. The second-order valence-corrected chi connectivity index (χ2v) is 5.03. The van der Waals surface area contributed by atoms with Gasteiger partial charge in [-0.2, -0.15) is 0 Å². The van der Waals surface area contributed by atoms with E-state index in [2.05, 4.69) is 11.1 Å². The van der Waals surface area contributed by atoms with Crippen LogP contribution in [0.4, 0.5) is 5.69 Å². The van der Waals surface area contributed by atoms with Gasteiger partial charge >= 0.3 is 0 Å². The molecule has 2 aromatic rings. The van der Waals surface area contributed by atoms with Crippen LogP contribution in [0, 0.1) is 20.8 Å². The predicted molar refractivity (Wildman–Crippen MR) is 71.1 cm³/mol. The van der Waals surface area contributed by atoms with E-state index in [-0.39, 0.29) is 0 Å². The third-order valence-electron chi connectivity index (χ3n) is 2.75. The molecule has 0 spiro atoms. The molecule has 0 radical (unpaired) electrons. The fourth-order valence-corrected chi connectivity index (χ4v) is 2.44. The van der Waals surface area contributed by atoms with E-state index in [1.165, 1.54) is 4.90 Å². The van der Waals surface area contributed by atoms with Crippen LogP contribution in [0.5, 0.6) is 0 Å². The first-order valence-electron chi connectivity index (χ1n) is 5.48. The molecule has 2 rings (SSSR count). The molecule has 2 N–H and O–H groups in total. The predicted octanol–water partition coefficient (Wildman–Crippen LogP) is 3.47. The van der Waals surface area contributed by atoms with Crippen molar-refractivity contribution in [1.82, 2.24) is 4.98 Å². The van der Waals surface area contributed by atoms with Crippen LogP contribution in [0.3, 0.4) is 0 Å². The second kappa shape index (κ2) is 4.84. The van der Waals surface area contributed by atoms with E-state index in [0.29, 0.717) is 0 Å². The van der Waals surface area contributed by atoms with Gasteiger partial charge in [0, 0.05) is 10.6 Å². The molecule has 0 bridgehead atoms. The van der Waals surface area contributed by atoms with E-state index in [1.54, 1.807) is 11.8 Å². The molecule has 1 aromatic heterocycles. The Morgan fingerprint density at radius 3 is 2.71 bits per heavy atom. The first-order valence-corrected chi connectivity index (χ1v) is 6.47. The number of oxazole rings is 1. The van der Waals surface area contributed by atoms with Crippen molar-refractivity contribution < 1.29 is 4.42 Å². The zero-order valence-corrected chi connectivity index (χ0v) is 11.1. The van der Waals surface area contributed by atoms with Gasteiger partial charge in [-0.3, -0.25) is 0 Å². The fourth-order valence-electron chi connectivity index (χ4n) is 1.53. The number of aromatic nitrogens is 1. The Morgan fingerprint density at radius 2 is 2.06 bits per heavy atom. The highest BCUT2D eigenvalue weighted by atomic mass is 32.2. The van der Waals surface area contributed by atoms with E-state index < -0.39 is 0 Å². The van der Waals surface area contributed by atoms with Gasteiger partial charge in [0.2, 0.25) is 5.89 Å². The van der Waals surface area contributed by atoms with Gasteiger partial charge in [0.15, 0.2) is 0 Å². The highest BCUT2D eigenvalue weighted by Gasteiger charge is 2.07. The van der Waals surface area contributed by atoms with Gasteiger partial charge in [-0.1, -0.05) is 6.07 Å². The number of anilines is 1. The Kier molecular flexibility index (Phi) is 3.43. The standard InChI is InChI=1S/C13H16N2OS/c1-8-11(14)5-4-6-12(8)17-7-13-15-9(2)10(3)16-13/h4-6H,7,14H2,1-3H3. The monoisotopic (exact) mass is 248 g/mol. The van der Waals surface area contributed by atoms with Crippen molar-refractivity contribution in [2.75, 3.05) is 5.73 Å². The molecule has 0 unspecified atom stereocenters. The number of nitrogens with two attached hydrogens (primary N) is 1. The van der Waals surface area contributed by atoms with Gasteiger partial charge in [0.05, 0.1) is 11.4 Å². The number of thioether (sulfide) groups is 1. The molecule has 0 saturated carbocycles. The van der Waals surface area contributed by atoms with Crippen molar-refractivity contribution >= 4 is 17.4 Å². The Bertz CT molecular complexity index is 515. The Labute approximate surface area is 105 Å². The SMILES string of the molecule is Cc1nc(CSc2cccc(N)c2C)oc1C. The van der Waals surface area contributed by atoms with E-state index >= 15 is 0 Å². The Morgan fingerprint density at radius 1 is 1.29 bits per heavy atom. The topological polar surface area (TPSA) is 52.0 Å². The third kappa shape index (κ3) is 2.64. The minimum Gasteiger partial charge on any atom is -0.445 e. The van der Waals surface area contributed by atoms with E-state index in [0.717, 1.165) is 34.3 Å². The van der Waals surface area contributed by atoms with Crippen LogP contribution in [0.25, 0.3) is 0 Å². The smallest absolute Gasteiger partial charge is 0.204 e. The molecule has 0 aliphatic heterocycles. The molecule has 0 saturated heterocycles. The summed E-state index contributed by atoms with van der Waals surface area (Å²) >= 11 is 1.70. The lowest BCUT2D eigenvalue weighted by Crippen LogP contribution is -1.91. The minimum absolute atomic E-state index is 0.735. The van der Waals surface area contributed by atoms with Crippen molar-refractivity contribution in [3.63, 3.8) is 0 Å². The molecule has 4 heteroatoms. The van der Waals surface area contributed by atoms with Crippen molar-refractivity contribution in [3.05, 3.63) is 41.1 Å². The van der Waals surface area contributed by atoms with Gasteiger partial charge in [-0.25, -0.2) is 4.98 Å². The summed E-state index contributed by atoms with van der Waals surface area (Å²) in [4.78, 5) is 5.54. The summed E-state index contributed by atoms with van der Waals surface area (Å²) in [7, 11) is 0. The molecule has 0 aliphatic carbocycles. The average molecular weight is 248 g/mol. The summed E-state index contributed by atoms with van der Waals surface area (Å²) in [5, 5.41) is 0. The molecule has 90 valence electrons. The third-order valence-corrected chi connectivity index (χ3v) is 3.89. The molecule has 1 aromatic carbocycles. The zero-order chi connectivity index (χ0) is 12.4. The number of hydrogen-bond donors (Lipinski definition) is 1. The quantitative estimate of drug-likeness (QED) is 0.667. The van der Waals surface area contributed by atoms with E-state index in [1.807, 2.05) is 32.9 Å². The van der Waals surface area contributed by atoms with Crippen LogP contribution in [0.1, 0.15) is 22.9 Å². The zero-order valence-electron chi connectivity index (χ0n) is 10.3. The normalized spacial score (nSPS) is 10.8. The van der Waals surface area contributed by atoms with Crippen molar-refractivity contribution in [3.8, 4) is 0 Å². The van der Waals surface area contributed by atoms with Gasteiger partial charge in [-0.15, -0.1) is 11.8 Å². The highest BCUT2D eigenvalue weighted by Crippen LogP contribution is 2.29. The molecule has 17 heavy (non-hydrogen) atoms. The summed E-state index contributed by atoms with van der Waals surface area (Å²) in [6.45, 7) is 5.92. The molecule has 0 amide bonds. The van der Waals surface area contributed by atoms with Crippen molar-refractivity contribution in [2.45, 2.75) is 31.4 Å². The van der Waals surface area contributed by atoms with Crippen LogP contribution < -0.4 is 5.73 Å². The fraction of sp³-hybridized carbons (Fsp3) is 0.308. The van der Waals surface area contributed by atoms with Gasteiger partial charge in [-0.05, 0) is 38.5 Å². The molecule has 0 fully saturated rings.